The summed E-state index contributed by atoms with van der Waals surface area (Å²) in [4.78, 5) is 39.4. The molecule has 1 heterocycles. The van der Waals surface area contributed by atoms with E-state index in [1.165, 1.54) is 13.2 Å². The van der Waals surface area contributed by atoms with Crippen LogP contribution in [0.5, 0.6) is 0 Å². The molecule has 0 aromatic heterocycles. The van der Waals surface area contributed by atoms with E-state index in [0.29, 0.717) is 31.7 Å². The number of piperazine rings is 1. The maximum absolute atomic E-state index is 12.9. The van der Waals surface area contributed by atoms with Crippen LogP contribution in [0.3, 0.4) is 0 Å². The van der Waals surface area contributed by atoms with Crippen molar-refractivity contribution in [1.82, 2.24) is 9.80 Å². The van der Waals surface area contributed by atoms with Crippen molar-refractivity contribution in [2.45, 2.75) is 0 Å². The van der Waals surface area contributed by atoms with Gasteiger partial charge < -0.3 is 14.5 Å². The van der Waals surface area contributed by atoms with Gasteiger partial charge in [0.15, 0.2) is 0 Å². The molecule has 0 unspecified atom stereocenters. The third-order valence-corrected chi connectivity index (χ3v) is 4.46. The topological polar surface area (TPSA) is 66.9 Å². The molecular weight excluding hydrogens is 332 g/mol. The molecule has 6 nitrogen and oxygen atoms in total. The molecule has 0 atom stereocenters. The van der Waals surface area contributed by atoms with E-state index in [9.17, 15) is 14.4 Å². The zero-order valence-corrected chi connectivity index (χ0v) is 14.6. The van der Waals surface area contributed by atoms with Gasteiger partial charge in [-0.05, 0) is 16.8 Å². The van der Waals surface area contributed by atoms with Crippen LogP contribution in [-0.4, -0.2) is 60.9 Å². The Hall–Kier alpha value is -3.15. The fourth-order valence-electron chi connectivity index (χ4n) is 3.02. The van der Waals surface area contributed by atoms with Gasteiger partial charge in [-0.3, -0.25) is 9.59 Å². The van der Waals surface area contributed by atoms with Crippen LogP contribution >= 0.6 is 0 Å². The number of nitrogens with zero attached hydrogens (tertiary/aromatic N) is 2. The average molecular weight is 352 g/mol. The van der Waals surface area contributed by atoms with Gasteiger partial charge in [0.1, 0.15) is 0 Å². The number of esters is 1. The van der Waals surface area contributed by atoms with E-state index in [4.69, 9.17) is 0 Å². The lowest BCUT2D eigenvalue weighted by atomic mass is 10.0. The largest absolute Gasteiger partial charge is 0.466 e. The lowest BCUT2D eigenvalue weighted by Crippen LogP contribution is -2.50. The highest BCUT2D eigenvalue weighted by Gasteiger charge is 2.24. The lowest BCUT2D eigenvalue weighted by Gasteiger charge is -2.34. The Morgan fingerprint density at radius 2 is 1.54 bits per heavy atom. The first-order chi connectivity index (χ1) is 12.6. The van der Waals surface area contributed by atoms with E-state index in [2.05, 4.69) is 4.74 Å². The van der Waals surface area contributed by atoms with E-state index >= 15 is 0 Å². The summed E-state index contributed by atoms with van der Waals surface area (Å²) in [6.45, 7) is 1.78. The van der Waals surface area contributed by atoms with Gasteiger partial charge in [-0.25, -0.2) is 4.79 Å². The number of carbonyl (C=O) groups is 3. The number of carbonyl (C=O) groups excluding carboxylic acids is 3. The number of rotatable bonds is 3. The quantitative estimate of drug-likeness (QED) is 0.625. The summed E-state index contributed by atoms with van der Waals surface area (Å²) in [5.41, 5.74) is 0.675. The smallest absolute Gasteiger partial charge is 0.330 e. The van der Waals surface area contributed by atoms with Gasteiger partial charge in [0.05, 0.1) is 7.11 Å². The van der Waals surface area contributed by atoms with Crippen molar-refractivity contribution >= 4 is 28.6 Å². The molecule has 0 spiro atoms. The molecule has 0 bridgehead atoms. The number of hydrogen-bond donors (Lipinski definition) is 0. The molecule has 26 heavy (non-hydrogen) atoms. The molecule has 1 aliphatic rings. The Morgan fingerprint density at radius 1 is 0.885 bits per heavy atom. The molecule has 1 fully saturated rings. The van der Waals surface area contributed by atoms with Crippen LogP contribution in [0.1, 0.15) is 10.4 Å². The number of amides is 2. The number of hydrogen-bond acceptors (Lipinski definition) is 4. The second kappa shape index (κ2) is 7.82. The molecule has 2 aromatic carbocycles. The van der Waals surface area contributed by atoms with E-state index in [0.717, 1.165) is 16.8 Å². The molecule has 134 valence electrons. The first kappa shape index (κ1) is 17.7. The van der Waals surface area contributed by atoms with Gasteiger partial charge in [-0.15, -0.1) is 0 Å². The van der Waals surface area contributed by atoms with Crippen molar-refractivity contribution in [2.24, 2.45) is 0 Å². The molecule has 2 amide bonds. The van der Waals surface area contributed by atoms with E-state index < -0.39 is 5.97 Å². The first-order valence-electron chi connectivity index (χ1n) is 8.42. The van der Waals surface area contributed by atoms with Crippen molar-refractivity contribution in [3.63, 3.8) is 0 Å². The van der Waals surface area contributed by atoms with Crippen LogP contribution in [0, 0.1) is 0 Å². The molecule has 3 rings (SSSR count). The lowest BCUT2D eigenvalue weighted by molar-refractivity contribution is -0.135. The highest BCUT2D eigenvalue weighted by Crippen LogP contribution is 2.20. The van der Waals surface area contributed by atoms with Crippen molar-refractivity contribution in [3.8, 4) is 0 Å². The highest BCUT2D eigenvalue weighted by molar-refractivity contribution is 6.07. The van der Waals surface area contributed by atoms with Gasteiger partial charge in [0, 0.05) is 43.9 Å². The van der Waals surface area contributed by atoms with Crippen molar-refractivity contribution in [2.75, 3.05) is 33.3 Å². The number of ether oxygens (including phenoxy) is 1. The summed E-state index contributed by atoms with van der Waals surface area (Å²) < 4.78 is 4.47. The number of benzene rings is 2. The Labute approximate surface area is 151 Å². The summed E-state index contributed by atoms with van der Waals surface area (Å²) in [6, 6.07) is 13.5. The zero-order chi connectivity index (χ0) is 18.5. The summed E-state index contributed by atoms with van der Waals surface area (Å²) in [7, 11) is 1.26. The number of fused-ring (bicyclic) bond motifs is 1. The SMILES string of the molecule is COC(=O)/C=C/C(=O)N1CCN(C(=O)c2cccc3ccccc23)CC1. The van der Waals surface area contributed by atoms with E-state index in [1.807, 2.05) is 42.5 Å². The van der Waals surface area contributed by atoms with Gasteiger partial charge in [0.2, 0.25) is 5.91 Å². The maximum Gasteiger partial charge on any atom is 0.330 e. The number of methoxy groups -OCH3 is 1. The molecule has 1 aliphatic heterocycles. The normalized spacial score (nSPS) is 14.7. The minimum absolute atomic E-state index is 0.0287. The van der Waals surface area contributed by atoms with Gasteiger partial charge in [-0.1, -0.05) is 36.4 Å². The predicted molar refractivity (Wildman–Crippen MR) is 97.6 cm³/mol. The average Bonchev–Trinajstić information content (AvgIpc) is 2.70. The van der Waals surface area contributed by atoms with Crippen molar-refractivity contribution in [1.29, 1.82) is 0 Å². The van der Waals surface area contributed by atoms with E-state index in [-0.39, 0.29) is 11.8 Å². The van der Waals surface area contributed by atoms with Crippen LogP contribution in [-0.2, 0) is 14.3 Å². The molecule has 0 aliphatic carbocycles. The van der Waals surface area contributed by atoms with Gasteiger partial charge >= 0.3 is 5.97 Å². The van der Waals surface area contributed by atoms with Crippen molar-refractivity contribution in [3.05, 3.63) is 60.2 Å². The third-order valence-electron chi connectivity index (χ3n) is 4.46. The summed E-state index contributed by atoms with van der Waals surface area (Å²) >= 11 is 0. The zero-order valence-electron chi connectivity index (χ0n) is 14.6. The molecular formula is C20H20N2O4. The Bertz CT molecular complexity index is 862. The van der Waals surface area contributed by atoms with Gasteiger partial charge in [-0.2, -0.15) is 0 Å². The van der Waals surface area contributed by atoms with Crippen LogP contribution in [0.4, 0.5) is 0 Å². The van der Waals surface area contributed by atoms with Crippen LogP contribution in [0.15, 0.2) is 54.6 Å². The molecule has 0 N–H and O–H groups in total. The minimum atomic E-state index is -0.567. The van der Waals surface area contributed by atoms with Crippen LogP contribution in [0.2, 0.25) is 0 Å². The molecule has 1 saturated heterocycles. The molecule has 2 aromatic rings. The molecule has 0 radical (unpaired) electrons. The Kier molecular flexibility index (Phi) is 5.31. The Balaban J connectivity index is 1.66. The standard InChI is InChI=1S/C20H20N2O4/c1-26-19(24)10-9-18(23)21-11-13-22(14-12-21)20(25)17-8-4-6-15-5-2-3-7-16(15)17/h2-10H,11-14H2,1H3/b10-9+. The van der Waals surface area contributed by atoms with Crippen molar-refractivity contribution < 1.29 is 19.1 Å². The predicted octanol–water partition coefficient (Wildman–Crippen LogP) is 1.85. The molecule has 0 saturated carbocycles. The molecule has 6 heteroatoms. The Morgan fingerprint density at radius 3 is 2.27 bits per heavy atom. The maximum atomic E-state index is 12.9. The monoisotopic (exact) mass is 352 g/mol. The van der Waals surface area contributed by atoms with Crippen LogP contribution in [0.25, 0.3) is 10.8 Å². The third kappa shape index (κ3) is 3.74. The second-order valence-corrected chi connectivity index (χ2v) is 6.00. The minimum Gasteiger partial charge on any atom is -0.466 e. The highest BCUT2D eigenvalue weighted by atomic mass is 16.5. The summed E-state index contributed by atoms with van der Waals surface area (Å²) in [5.74, 6) is -0.852. The fraction of sp³-hybridized carbons (Fsp3) is 0.250. The summed E-state index contributed by atoms with van der Waals surface area (Å²) in [6.07, 6.45) is 2.31. The fourth-order valence-corrected chi connectivity index (χ4v) is 3.02. The summed E-state index contributed by atoms with van der Waals surface area (Å²) in [5, 5.41) is 1.96. The van der Waals surface area contributed by atoms with Crippen LogP contribution < -0.4 is 0 Å². The second-order valence-electron chi connectivity index (χ2n) is 6.00. The van der Waals surface area contributed by atoms with E-state index in [1.54, 1.807) is 9.80 Å². The first-order valence-corrected chi connectivity index (χ1v) is 8.42. The van der Waals surface area contributed by atoms with Gasteiger partial charge in [0.25, 0.3) is 5.91 Å².